The van der Waals surface area contributed by atoms with Gasteiger partial charge in [0.2, 0.25) is 0 Å². The highest BCUT2D eigenvalue weighted by Crippen LogP contribution is 2.37. The molecule has 5 nitrogen and oxygen atoms in total. The number of allylic oxidation sites excluding steroid dienone is 1. The summed E-state index contributed by atoms with van der Waals surface area (Å²) in [5.74, 6) is -0.840. The molecule has 0 aromatic heterocycles. The van der Waals surface area contributed by atoms with Crippen molar-refractivity contribution in [3.05, 3.63) is 12.2 Å². The number of rotatable bonds is 15. The van der Waals surface area contributed by atoms with Crippen LogP contribution in [-0.4, -0.2) is 39.3 Å². The molecule has 0 aromatic rings. The first-order valence-corrected chi connectivity index (χ1v) is 10.7. The van der Waals surface area contributed by atoms with Crippen LogP contribution in [0.5, 0.6) is 0 Å². The second-order valence-corrected chi connectivity index (χ2v) is 7.95. The number of carboxylic acids is 1. The van der Waals surface area contributed by atoms with E-state index in [2.05, 4.69) is 6.92 Å². The van der Waals surface area contributed by atoms with Gasteiger partial charge in [0.1, 0.15) is 0 Å². The molecular weight excluding hydrogens is 344 g/mol. The fourth-order valence-electron chi connectivity index (χ4n) is 3.99. The number of aliphatic hydroxyl groups is 2. The average Bonchev–Trinajstić information content (AvgIpc) is 2.88. The minimum absolute atomic E-state index is 0.0203. The van der Waals surface area contributed by atoms with E-state index in [1.165, 1.54) is 19.3 Å². The van der Waals surface area contributed by atoms with Gasteiger partial charge in [-0.1, -0.05) is 57.9 Å². The average molecular weight is 383 g/mol. The minimum Gasteiger partial charge on any atom is -0.481 e. The van der Waals surface area contributed by atoms with Crippen LogP contribution in [0.25, 0.3) is 0 Å². The Morgan fingerprint density at radius 3 is 2.19 bits per heavy atom. The summed E-state index contributed by atoms with van der Waals surface area (Å²) in [6.45, 7) is 2.17. The maximum Gasteiger partial charge on any atom is 0.303 e. The van der Waals surface area contributed by atoms with E-state index < -0.39 is 18.2 Å². The number of hydrogen-bond donors (Lipinski definition) is 3. The molecule has 1 aliphatic carbocycles. The number of carboxylic acid groups (broad SMARTS) is 1. The third-order valence-corrected chi connectivity index (χ3v) is 5.63. The minimum atomic E-state index is -0.760. The molecule has 5 heteroatoms. The monoisotopic (exact) mass is 382 g/mol. The number of carbonyl (C=O) groups excluding carboxylic acids is 1. The zero-order valence-corrected chi connectivity index (χ0v) is 16.8. The van der Waals surface area contributed by atoms with Gasteiger partial charge in [0, 0.05) is 25.2 Å². The first-order valence-electron chi connectivity index (χ1n) is 10.7. The molecule has 27 heavy (non-hydrogen) atoms. The summed E-state index contributed by atoms with van der Waals surface area (Å²) in [5.41, 5.74) is 0. The fourth-order valence-corrected chi connectivity index (χ4v) is 3.99. The summed E-state index contributed by atoms with van der Waals surface area (Å²) >= 11 is 0. The molecule has 0 saturated heterocycles. The first kappa shape index (κ1) is 23.8. The van der Waals surface area contributed by atoms with E-state index in [9.17, 15) is 19.8 Å². The van der Waals surface area contributed by atoms with Crippen molar-refractivity contribution in [1.82, 2.24) is 0 Å². The van der Waals surface area contributed by atoms with Crippen molar-refractivity contribution in [3.8, 4) is 0 Å². The summed E-state index contributed by atoms with van der Waals surface area (Å²) in [5, 5.41) is 29.1. The topological polar surface area (TPSA) is 94.8 Å². The van der Waals surface area contributed by atoms with Crippen LogP contribution < -0.4 is 0 Å². The Bertz CT molecular complexity index is 460. The second-order valence-electron chi connectivity index (χ2n) is 7.95. The quantitative estimate of drug-likeness (QED) is 0.291. The van der Waals surface area contributed by atoms with E-state index in [1.807, 2.05) is 6.08 Å². The van der Waals surface area contributed by atoms with E-state index in [-0.39, 0.29) is 24.0 Å². The molecule has 0 bridgehead atoms. The van der Waals surface area contributed by atoms with Gasteiger partial charge in [0.05, 0.1) is 12.2 Å². The lowest BCUT2D eigenvalue weighted by Gasteiger charge is -2.20. The Kier molecular flexibility index (Phi) is 12.3. The highest BCUT2D eigenvalue weighted by Gasteiger charge is 2.39. The van der Waals surface area contributed by atoms with Gasteiger partial charge in [-0.05, 0) is 31.3 Å². The normalized spacial score (nSPS) is 25.3. The van der Waals surface area contributed by atoms with Gasteiger partial charge in [0.15, 0.2) is 5.78 Å². The van der Waals surface area contributed by atoms with Crippen LogP contribution in [0.4, 0.5) is 0 Å². The zero-order valence-electron chi connectivity index (χ0n) is 16.8. The number of aliphatic carboxylic acids is 1. The van der Waals surface area contributed by atoms with Crippen molar-refractivity contribution in [1.29, 1.82) is 0 Å². The van der Waals surface area contributed by atoms with E-state index in [1.54, 1.807) is 6.08 Å². The van der Waals surface area contributed by atoms with Crippen molar-refractivity contribution in [3.63, 3.8) is 0 Å². The van der Waals surface area contributed by atoms with Crippen molar-refractivity contribution in [2.24, 2.45) is 11.8 Å². The molecule has 0 aliphatic heterocycles. The molecule has 3 N–H and O–H groups in total. The summed E-state index contributed by atoms with van der Waals surface area (Å²) in [4.78, 5) is 22.5. The van der Waals surface area contributed by atoms with Gasteiger partial charge < -0.3 is 15.3 Å². The van der Waals surface area contributed by atoms with E-state index >= 15 is 0 Å². The zero-order chi connectivity index (χ0) is 20.1. The Balaban J connectivity index is 2.34. The van der Waals surface area contributed by atoms with E-state index in [0.717, 1.165) is 38.5 Å². The molecule has 1 fully saturated rings. The summed E-state index contributed by atoms with van der Waals surface area (Å²) in [7, 11) is 0. The molecule has 0 unspecified atom stereocenters. The van der Waals surface area contributed by atoms with Crippen molar-refractivity contribution >= 4 is 11.8 Å². The van der Waals surface area contributed by atoms with Crippen LogP contribution >= 0.6 is 0 Å². The van der Waals surface area contributed by atoms with Crippen LogP contribution in [0.1, 0.15) is 90.4 Å². The number of ketones is 1. The van der Waals surface area contributed by atoms with Crippen LogP contribution in [0.15, 0.2) is 12.2 Å². The maximum absolute atomic E-state index is 12.0. The molecule has 1 aliphatic rings. The van der Waals surface area contributed by atoms with Crippen molar-refractivity contribution in [2.75, 3.05) is 0 Å². The molecule has 0 heterocycles. The number of carbonyl (C=O) groups is 2. The molecule has 0 radical (unpaired) electrons. The van der Waals surface area contributed by atoms with Gasteiger partial charge in [-0.2, -0.15) is 0 Å². The molecule has 1 saturated carbocycles. The molecular formula is C22H38O5. The standard InChI is InChI=1S/C22H38O5/c1-2-3-4-5-8-11-17(23)14-15-19-18(20(24)16-21(19)25)12-9-6-7-10-13-22(26)27/h14-15,18-21,24-25H,2-13,16H2,1H3,(H,26,27)/t18-,19+,20-,21-/m1/s1. The third kappa shape index (κ3) is 10.1. The van der Waals surface area contributed by atoms with Crippen LogP contribution in [0, 0.1) is 11.8 Å². The first-order chi connectivity index (χ1) is 13.0. The van der Waals surface area contributed by atoms with Crippen LogP contribution in [0.3, 0.4) is 0 Å². The molecule has 4 atom stereocenters. The molecule has 0 aromatic carbocycles. The van der Waals surface area contributed by atoms with Gasteiger partial charge >= 0.3 is 5.97 Å². The molecule has 0 spiro atoms. The van der Waals surface area contributed by atoms with Crippen molar-refractivity contribution in [2.45, 2.75) is 103 Å². The number of unbranched alkanes of at least 4 members (excludes halogenated alkanes) is 7. The summed E-state index contributed by atoms with van der Waals surface area (Å²) < 4.78 is 0. The Labute approximate surface area is 163 Å². The number of hydrogen-bond acceptors (Lipinski definition) is 4. The summed E-state index contributed by atoms with van der Waals surface area (Å²) in [6.07, 6.45) is 13.2. The Morgan fingerprint density at radius 2 is 1.52 bits per heavy atom. The highest BCUT2D eigenvalue weighted by atomic mass is 16.4. The number of aliphatic hydroxyl groups excluding tert-OH is 2. The lowest BCUT2D eigenvalue weighted by molar-refractivity contribution is -0.137. The van der Waals surface area contributed by atoms with E-state index in [4.69, 9.17) is 5.11 Å². The second kappa shape index (κ2) is 13.9. The Morgan fingerprint density at radius 1 is 0.889 bits per heavy atom. The third-order valence-electron chi connectivity index (χ3n) is 5.63. The van der Waals surface area contributed by atoms with Gasteiger partial charge in [-0.25, -0.2) is 0 Å². The van der Waals surface area contributed by atoms with Crippen molar-refractivity contribution < 1.29 is 24.9 Å². The van der Waals surface area contributed by atoms with Crippen LogP contribution in [0.2, 0.25) is 0 Å². The van der Waals surface area contributed by atoms with Gasteiger partial charge in [0.25, 0.3) is 0 Å². The largest absolute Gasteiger partial charge is 0.481 e. The lowest BCUT2D eigenvalue weighted by atomic mass is 9.88. The summed E-state index contributed by atoms with van der Waals surface area (Å²) in [6, 6.07) is 0. The molecule has 0 amide bonds. The Hall–Kier alpha value is -1.20. The smallest absolute Gasteiger partial charge is 0.303 e. The van der Waals surface area contributed by atoms with Gasteiger partial charge in [-0.3, -0.25) is 9.59 Å². The fraction of sp³-hybridized carbons (Fsp3) is 0.818. The van der Waals surface area contributed by atoms with Crippen LogP contribution in [-0.2, 0) is 9.59 Å². The molecule has 156 valence electrons. The maximum atomic E-state index is 12.0. The predicted molar refractivity (Wildman–Crippen MR) is 106 cm³/mol. The highest BCUT2D eigenvalue weighted by molar-refractivity contribution is 5.89. The lowest BCUT2D eigenvalue weighted by Crippen LogP contribution is -2.20. The molecule has 1 rings (SSSR count). The predicted octanol–water partition coefficient (Wildman–Crippen LogP) is 4.26. The SMILES string of the molecule is CCCCCCCC(=O)C=C[C@H]1[C@@H](CCCCCCC(=O)O)[C@H](O)C[C@H]1O. The van der Waals surface area contributed by atoms with E-state index in [0.29, 0.717) is 19.3 Å². The van der Waals surface area contributed by atoms with Gasteiger partial charge in [-0.15, -0.1) is 0 Å².